The number of nitrogens with zero attached hydrogens (tertiary/aromatic N) is 1. The molecule has 3 N–H and O–H groups in total. The molecule has 3 rings (SSSR count). The van der Waals surface area contributed by atoms with Crippen LogP contribution in [0.15, 0.2) is 62.8 Å². The third kappa shape index (κ3) is 4.18. The Bertz CT molecular complexity index is 1200. The molecule has 0 spiro atoms. The number of sulfonamides is 2. The average Bonchev–Trinajstić information content (AvgIpc) is 3.01. The van der Waals surface area contributed by atoms with Crippen LogP contribution in [-0.4, -0.2) is 22.0 Å². The topological polar surface area (TPSA) is 132 Å². The summed E-state index contributed by atoms with van der Waals surface area (Å²) in [5, 5.41) is 8.84. The number of nitrogens with two attached hydrogens (primary N) is 1. The molecule has 0 aliphatic carbocycles. The minimum absolute atomic E-state index is 0.0737. The molecule has 1 aromatic heterocycles. The van der Waals surface area contributed by atoms with Gasteiger partial charge in [0, 0.05) is 17.3 Å². The van der Waals surface area contributed by atoms with Gasteiger partial charge in [0.05, 0.1) is 15.5 Å². The van der Waals surface area contributed by atoms with Crippen LogP contribution in [0.5, 0.6) is 0 Å². The first-order valence-corrected chi connectivity index (χ1v) is 10.8. The fraction of sp³-hybridized carbons (Fsp3) is 0.118. The number of anilines is 1. The van der Waals surface area contributed by atoms with Crippen LogP contribution < -0.4 is 9.86 Å². The van der Waals surface area contributed by atoms with Crippen LogP contribution >= 0.6 is 0 Å². The lowest BCUT2D eigenvalue weighted by atomic mass is 10.1. The maximum atomic E-state index is 12.8. The molecule has 0 fully saturated rings. The van der Waals surface area contributed by atoms with Crippen molar-refractivity contribution in [3.63, 3.8) is 0 Å². The van der Waals surface area contributed by atoms with Crippen LogP contribution in [-0.2, 0) is 20.0 Å². The van der Waals surface area contributed by atoms with Crippen molar-refractivity contribution in [3.05, 3.63) is 59.8 Å². The third-order valence-corrected chi connectivity index (χ3v) is 6.28. The Kier molecular flexibility index (Phi) is 4.81. The van der Waals surface area contributed by atoms with E-state index in [0.29, 0.717) is 22.6 Å². The highest BCUT2D eigenvalue weighted by Gasteiger charge is 2.19. The molecule has 142 valence electrons. The van der Waals surface area contributed by atoms with Gasteiger partial charge in [-0.15, -0.1) is 0 Å². The van der Waals surface area contributed by atoms with Crippen LogP contribution in [0.3, 0.4) is 0 Å². The average molecular weight is 407 g/mol. The fourth-order valence-electron chi connectivity index (χ4n) is 2.47. The van der Waals surface area contributed by atoms with E-state index in [9.17, 15) is 16.8 Å². The number of hydrogen-bond donors (Lipinski definition) is 2. The zero-order valence-corrected chi connectivity index (χ0v) is 16.1. The monoisotopic (exact) mass is 407 g/mol. The summed E-state index contributed by atoms with van der Waals surface area (Å²) in [5.41, 5.74) is 2.01. The maximum Gasteiger partial charge on any atom is 0.262 e. The van der Waals surface area contributed by atoms with E-state index in [-0.39, 0.29) is 15.5 Å². The van der Waals surface area contributed by atoms with E-state index in [1.807, 2.05) is 0 Å². The summed E-state index contributed by atoms with van der Waals surface area (Å²) in [5.74, 6) is 0.460. The second kappa shape index (κ2) is 6.80. The number of aromatic nitrogens is 1. The molecule has 0 radical (unpaired) electrons. The Labute approximate surface area is 157 Å². The molecule has 2 aromatic carbocycles. The SMILES string of the molecule is Cc1cc(-c2ccc(C)c(S(=O)(=O)Nc3ccc(S(N)(=O)=O)cc3)c2)on1. The zero-order chi connectivity index (χ0) is 19.8. The normalized spacial score (nSPS) is 12.1. The standard InChI is InChI=1S/C17H17N3O5S2/c1-11-3-4-13(16-9-12(2)19-25-16)10-17(11)27(23,24)20-14-5-7-15(8-6-14)26(18,21)22/h3-10,20H,1-2H3,(H2,18,21,22). The van der Waals surface area contributed by atoms with Gasteiger partial charge >= 0.3 is 0 Å². The van der Waals surface area contributed by atoms with Gasteiger partial charge < -0.3 is 4.52 Å². The molecule has 0 saturated carbocycles. The highest BCUT2D eigenvalue weighted by atomic mass is 32.2. The Hall–Kier alpha value is -2.69. The first-order chi connectivity index (χ1) is 12.6. The summed E-state index contributed by atoms with van der Waals surface area (Å²) in [7, 11) is -7.76. The van der Waals surface area contributed by atoms with Crippen molar-refractivity contribution in [1.29, 1.82) is 0 Å². The maximum absolute atomic E-state index is 12.8. The van der Waals surface area contributed by atoms with Crippen molar-refractivity contribution in [2.45, 2.75) is 23.6 Å². The molecule has 0 bridgehead atoms. The van der Waals surface area contributed by atoms with Gasteiger partial charge in [-0.2, -0.15) is 0 Å². The Morgan fingerprint density at radius 3 is 2.19 bits per heavy atom. The van der Waals surface area contributed by atoms with Crippen LogP contribution in [0.1, 0.15) is 11.3 Å². The lowest BCUT2D eigenvalue weighted by Gasteiger charge is -2.11. The van der Waals surface area contributed by atoms with E-state index in [2.05, 4.69) is 9.88 Å². The van der Waals surface area contributed by atoms with Gasteiger partial charge in [-0.05, 0) is 49.7 Å². The largest absolute Gasteiger partial charge is 0.356 e. The highest BCUT2D eigenvalue weighted by molar-refractivity contribution is 7.92. The van der Waals surface area contributed by atoms with Gasteiger partial charge in [-0.25, -0.2) is 22.0 Å². The van der Waals surface area contributed by atoms with Crippen molar-refractivity contribution in [3.8, 4) is 11.3 Å². The Balaban J connectivity index is 1.95. The summed E-state index contributed by atoms with van der Waals surface area (Å²) >= 11 is 0. The van der Waals surface area contributed by atoms with Crippen LogP contribution in [0, 0.1) is 13.8 Å². The number of primary sulfonamides is 1. The molecule has 0 aliphatic rings. The van der Waals surface area contributed by atoms with Crippen molar-refractivity contribution >= 4 is 25.7 Å². The van der Waals surface area contributed by atoms with Gasteiger partial charge in [0.1, 0.15) is 0 Å². The first kappa shape index (κ1) is 19.1. The van der Waals surface area contributed by atoms with Gasteiger partial charge in [0.2, 0.25) is 10.0 Å². The minimum atomic E-state index is -3.91. The molecule has 27 heavy (non-hydrogen) atoms. The lowest BCUT2D eigenvalue weighted by molar-refractivity contribution is 0.427. The lowest BCUT2D eigenvalue weighted by Crippen LogP contribution is -2.15. The zero-order valence-electron chi connectivity index (χ0n) is 14.5. The molecular weight excluding hydrogens is 390 g/mol. The number of benzene rings is 2. The molecule has 0 aliphatic heterocycles. The number of rotatable bonds is 5. The summed E-state index contributed by atoms with van der Waals surface area (Å²) in [6.07, 6.45) is 0. The van der Waals surface area contributed by atoms with Gasteiger partial charge in [0.15, 0.2) is 5.76 Å². The van der Waals surface area contributed by atoms with E-state index < -0.39 is 20.0 Å². The summed E-state index contributed by atoms with van der Waals surface area (Å²) in [6.45, 7) is 3.44. The summed E-state index contributed by atoms with van der Waals surface area (Å²) in [6, 6.07) is 11.7. The summed E-state index contributed by atoms with van der Waals surface area (Å²) < 4.78 is 55.8. The van der Waals surface area contributed by atoms with Crippen LogP contribution in [0.4, 0.5) is 5.69 Å². The first-order valence-electron chi connectivity index (χ1n) is 7.76. The van der Waals surface area contributed by atoms with Crippen LogP contribution in [0.25, 0.3) is 11.3 Å². The smallest absolute Gasteiger partial charge is 0.262 e. The Morgan fingerprint density at radius 2 is 1.63 bits per heavy atom. The Morgan fingerprint density at radius 1 is 0.963 bits per heavy atom. The number of nitrogens with one attached hydrogen (secondary N) is 1. The molecular formula is C17H17N3O5S2. The molecule has 8 nitrogen and oxygen atoms in total. The summed E-state index contributed by atoms with van der Waals surface area (Å²) in [4.78, 5) is -0.0334. The van der Waals surface area contributed by atoms with E-state index in [1.54, 1.807) is 32.0 Å². The van der Waals surface area contributed by atoms with Crippen molar-refractivity contribution in [2.75, 3.05) is 4.72 Å². The molecule has 1 heterocycles. The highest BCUT2D eigenvalue weighted by Crippen LogP contribution is 2.27. The predicted octanol–water partition coefficient (Wildman–Crippen LogP) is 2.41. The molecule has 3 aromatic rings. The van der Waals surface area contributed by atoms with Crippen LogP contribution in [0.2, 0.25) is 0 Å². The van der Waals surface area contributed by atoms with Crippen molar-refractivity contribution in [2.24, 2.45) is 5.14 Å². The molecule has 0 unspecified atom stereocenters. The molecule has 10 heteroatoms. The van der Waals surface area contributed by atoms with Gasteiger partial charge in [-0.3, -0.25) is 4.72 Å². The second-order valence-electron chi connectivity index (χ2n) is 5.99. The quantitative estimate of drug-likeness (QED) is 0.667. The van der Waals surface area contributed by atoms with Gasteiger partial charge in [0.25, 0.3) is 10.0 Å². The second-order valence-corrected chi connectivity index (χ2v) is 9.20. The van der Waals surface area contributed by atoms with Crippen molar-refractivity contribution < 1.29 is 21.4 Å². The molecule has 0 atom stereocenters. The predicted molar refractivity (Wildman–Crippen MR) is 100 cm³/mol. The minimum Gasteiger partial charge on any atom is -0.356 e. The third-order valence-electron chi connectivity index (χ3n) is 3.83. The number of aryl methyl sites for hydroxylation is 2. The van der Waals surface area contributed by atoms with E-state index in [1.165, 1.54) is 30.3 Å². The van der Waals surface area contributed by atoms with E-state index in [4.69, 9.17) is 9.66 Å². The fourth-order valence-corrected chi connectivity index (χ4v) is 4.31. The van der Waals surface area contributed by atoms with Crippen molar-refractivity contribution in [1.82, 2.24) is 5.16 Å². The molecule has 0 saturated heterocycles. The van der Waals surface area contributed by atoms with E-state index >= 15 is 0 Å². The van der Waals surface area contributed by atoms with Gasteiger partial charge in [-0.1, -0.05) is 17.3 Å². The number of hydrogen-bond acceptors (Lipinski definition) is 6. The van der Waals surface area contributed by atoms with E-state index in [0.717, 1.165) is 0 Å². The molecule has 0 amide bonds.